The first kappa shape index (κ1) is 16.6. The molecule has 1 atom stereocenters. The number of rotatable bonds is 4. The number of carbonyl (C=O) groups is 2. The number of nitrogens with zero attached hydrogens (tertiary/aromatic N) is 1. The molecule has 0 saturated carbocycles. The lowest BCUT2D eigenvalue weighted by Gasteiger charge is -2.31. The van der Waals surface area contributed by atoms with Crippen molar-refractivity contribution in [2.45, 2.75) is 12.8 Å². The quantitative estimate of drug-likeness (QED) is 0.794. The van der Waals surface area contributed by atoms with Crippen molar-refractivity contribution >= 4 is 23.0 Å². The molecule has 0 aliphatic carbocycles. The molecule has 0 spiro atoms. The van der Waals surface area contributed by atoms with Crippen molar-refractivity contribution in [2.24, 2.45) is 5.92 Å². The smallest absolute Gasteiger partial charge is 0.263 e. The first-order chi connectivity index (χ1) is 11.6. The Labute approximate surface area is 143 Å². The van der Waals surface area contributed by atoms with Gasteiger partial charge in [-0.1, -0.05) is 6.07 Å². The van der Waals surface area contributed by atoms with Crippen molar-refractivity contribution < 1.29 is 18.7 Å². The van der Waals surface area contributed by atoms with Gasteiger partial charge in [-0.3, -0.25) is 9.59 Å². The molecule has 1 fully saturated rings. The molecule has 0 unspecified atom stereocenters. The van der Waals surface area contributed by atoms with E-state index in [-0.39, 0.29) is 23.4 Å². The summed E-state index contributed by atoms with van der Waals surface area (Å²) in [7, 11) is 1.38. The SMILES string of the molecule is COc1ccc(C(=O)[C@@H]2CCCN(C(=O)c3cccs3)C2)cc1F. The molecule has 24 heavy (non-hydrogen) atoms. The second-order valence-electron chi connectivity index (χ2n) is 5.78. The molecule has 0 bridgehead atoms. The fraction of sp³-hybridized carbons (Fsp3) is 0.333. The van der Waals surface area contributed by atoms with E-state index in [2.05, 4.69) is 0 Å². The average Bonchev–Trinajstić information content (AvgIpc) is 3.15. The summed E-state index contributed by atoms with van der Waals surface area (Å²) in [6, 6.07) is 7.87. The van der Waals surface area contributed by atoms with Gasteiger partial charge >= 0.3 is 0 Å². The summed E-state index contributed by atoms with van der Waals surface area (Å²) in [6.07, 6.45) is 1.48. The Balaban J connectivity index is 1.73. The topological polar surface area (TPSA) is 46.6 Å². The van der Waals surface area contributed by atoms with Crippen LogP contribution in [0.1, 0.15) is 32.9 Å². The fourth-order valence-electron chi connectivity index (χ4n) is 2.99. The summed E-state index contributed by atoms with van der Waals surface area (Å²) in [5.74, 6) is -0.894. The number of hydrogen-bond donors (Lipinski definition) is 0. The third-order valence-corrected chi connectivity index (χ3v) is 5.11. The van der Waals surface area contributed by atoms with Crippen molar-refractivity contribution in [1.82, 2.24) is 4.90 Å². The zero-order chi connectivity index (χ0) is 17.1. The van der Waals surface area contributed by atoms with Crippen molar-refractivity contribution in [2.75, 3.05) is 20.2 Å². The first-order valence-corrected chi connectivity index (χ1v) is 8.68. The molecular weight excluding hydrogens is 329 g/mol. The number of ether oxygens (including phenoxy) is 1. The first-order valence-electron chi connectivity index (χ1n) is 7.80. The van der Waals surface area contributed by atoms with Gasteiger partial charge in [0.1, 0.15) is 0 Å². The van der Waals surface area contributed by atoms with Crippen LogP contribution in [0.4, 0.5) is 4.39 Å². The predicted molar refractivity (Wildman–Crippen MR) is 90.2 cm³/mol. The average molecular weight is 347 g/mol. The largest absolute Gasteiger partial charge is 0.494 e. The van der Waals surface area contributed by atoms with Crippen LogP contribution in [0.3, 0.4) is 0 Å². The van der Waals surface area contributed by atoms with Crippen LogP contribution < -0.4 is 4.74 Å². The minimum absolute atomic E-state index is 0.0385. The fourth-order valence-corrected chi connectivity index (χ4v) is 3.68. The Morgan fingerprint density at radius 2 is 2.17 bits per heavy atom. The number of methoxy groups -OCH3 is 1. The van der Waals surface area contributed by atoms with Gasteiger partial charge in [-0.15, -0.1) is 11.3 Å². The zero-order valence-electron chi connectivity index (χ0n) is 13.3. The van der Waals surface area contributed by atoms with Crippen LogP contribution in [0.2, 0.25) is 0 Å². The Morgan fingerprint density at radius 3 is 2.83 bits per heavy atom. The van der Waals surface area contributed by atoms with E-state index >= 15 is 0 Å². The summed E-state index contributed by atoms with van der Waals surface area (Å²) in [5, 5.41) is 1.86. The van der Waals surface area contributed by atoms with Crippen LogP contribution in [0, 0.1) is 11.7 Å². The van der Waals surface area contributed by atoms with Gasteiger partial charge in [0.05, 0.1) is 12.0 Å². The number of hydrogen-bond acceptors (Lipinski definition) is 4. The van der Waals surface area contributed by atoms with Crippen LogP contribution in [0.5, 0.6) is 5.75 Å². The van der Waals surface area contributed by atoms with Crippen LogP contribution in [0.15, 0.2) is 35.7 Å². The second-order valence-corrected chi connectivity index (χ2v) is 6.73. The zero-order valence-corrected chi connectivity index (χ0v) is 14.1. The molecule has 0 radical (unpaired) electrons. The number of benzene rings is 1. The number of ketones is 1. The Bertz CT molecular complexity index is 745. The standard InChI is InChI=1S/C18H18FNO3S/c1-23-15-7-6-12(10-14(15)19)17(21)13-4-2-8-20(11-13)18(22)16-5-3-9-24-16/h3,5-7,9-10,13H,2,4,8,11H2,1H3/t13-/m1/s1. The highest BCUT2D eigenvalue weighted by molar-refractivity contribution is 7.12. The van der Waals surface area contributed by atoms with E-state index in [0.29, 0.717) is 30.0 Å². The molecule has 1 aliphatic heterocycles. The normalized spacial score (nSPS) is 17.6. The summed E-state index contributed by atoms with van der Waals surface area (Å²) in [6.45, 7) is 1.03. The van der Waals surface area contributed by atoms with Crippen molar-refractivity contribution in [1.29, 1.82) is 0 Å². The number of likely N-dealkylation sites (tertiary alicyclic amines) is 1. The third kappa shape index (κ3) is 3.33. The third-order valence-electron chi connectivity index (χ3n) is 4.25. The maximum Gasteiger partial charge on any atom is 0.263 e. The van der Waals surface area contributed by atoms with Gasteiger partial charge in [-0.05, 0) is 42.5 Å². The van der Waals surface area contributed by atoms with Gasteiger partial charge in [0.2, 0.25) is 0 Å². The minimum atomic E-state index is -0.550. The Hall–Kier alpha value is -2.21. The molecule has 1 saturated heterocycles. The Kier molecular flexibility index (Phi) is 4.94. The molecule has 0 N–H and O–H groups in total. The number of halogens is 1. The molecular formula is C18H18FNO3S. The lowest BCUT2D eigenvalue weighted by atomic mass is 9.90. The molecule has 3 rings (SSSR count). The monoisotopic (exact) mass is 347 g/mol. The molecule has 6 heteroatoms. The van der Waals surface area contributed by atoms with Gasteiger partial charge in [0, 0.05) is 24.6 Å². The number of carbonyl (C=O) groups excluding carboxylic acids is 2. The number of Topliss-reactive ketones (excluding diaryl/α,β-unsaturated/α-hetero) is 1. The van der Waals surface area contributed by atoms with Gasteiger partial charge in [0.25, 0.3) is 5.91 Å². The van der Waals surface area contributed by atoms with Gasteiger partial charge in [-0.2, -0.15) is 0 Å². The highest BCUT2D eigenvalue weighted by atomic mass is 32.1. The summed E-state index contributed by atoms with van der Waals surface area (Å²) >= 11 is 1.40. The second kappa shape index (κ2) is 7.13. The molecule has 2 heterocycles. The van der Waals surface area contributed by atoms with Gasteiger partial charge < -0.3 is 9.64 Å². The van der Waals surface area contributed by atoms with E-state index in [1.807, 2.05) is 11.4 Å². The van der Waals surface area contributed by atoms with Crippen LogP contribution in [-0.2, 0) is 0 Å². The molecule has 1 aromatic heterocycles. The minimum Gasteiger partial charge on any atom is -0.494 e. The molecule has 1 amide bonds. The highest BCUT2D eigenvalue weighted by Gasteiger charge is 2.30. The van der Waals surface area contributed by atoms with E-state index in [1.54, 1.807) is 17.0 Å². The van der Waals surface area contributed by atoms with Crippen LogP contribution in [0.25, 0.3) is 0 Å². The molecule has 1 aliphatic rings. The summed E-state index contributed by atoms with van der Waals surface area (Å²) in [4.78, 5) is 27.5. The Morgan fingerprint density at radius 1 is 1.33 bits per heavy atom. The number of amides is 1. The van der Waals surface area contributed by atoms with Crippen molar-refractivity contribution in [3.05, 3.63) is 52.0 Å². The van der Waals surface area contributed by atoms with Crippen LogP contribution in [-0.4, -0.2) is 36.8 Å². The maximum atomic E-state index is 13.8. The van der Waals surface area contributed by atoms with E-state index in [0.717, 1.165) is 6.42 Å². The molecule has 126 valence electrons. The number of thiophene rings is 1. The summed E-state index contributed by atoms with van der Waals surface area (Å²) in [5.41, 5.74) is 0.323. The number of piperidine rings is 1. The summed E-state index contributed by atoms with van der Waals surface area (Å²) < 4.78 is 18.7. The predicted octanol–water partition coefficient (Wildman–Crippen LogP) is 3.63. The van der Waals surface area contributed by atoms with Crippen LogP contribution >= 0.6 is 11.3 Å². The van der Waals surface area contributed by atoms with E-state index in [9.17, 15) is 14.0 Å². The van der Waals surface area contributed by atoms with Gasteiger partial charge in [0.15, 0.2) is 17.3 Å². The molecule has 2 aromatic rings. The highest BCUT2D eigenvalue weighted by Crippen LogP contribution is 2.25. The molecule has 4 nitrogen and oxygen atoms in total. The van der Waals surface area contributed by atoms with E-state index in [4.69, 9.17) is 4.74 Å². The van der Waals surface area contributed by atoms with Crippen molar-refractivity contribution in [3.63, 3.8) is 0 Å². The van der Waals surface area contributed by atoms with E-state index < -0.39 is 5.82 Å². The lowest BCUT2D eigenvalue weighted by Crippen LogP contribution is -2.42. The van der Waals surface area contributed by atoms with Crippen molar-refractivity contribution in [3.8, 4) is 5.75 Å². The maximum absolute atomic E-state index is 13.8. The van der Waals surface area contributed by atoms with E-state index in [1.165, 1.54) is 30.6 Å². The lowest BCUT2D eigenvalue weighted by molar-refractivity contribution is 0.0641. The van der Waals surface area contributed by atoms with Gasteiger partial charge in [-0.25, -0.2) is 4.39 Å². The molecule has 1 aromatic carbocycles.